The third kappa shape index (κ3) is 4.37. The molecular formula is C12H18BrCl2N3. The van der Waals surface area contributed by atoms with Gasteiger partial charge in [-0.15, -0.1) is 12.4 Å². The first-order chi connectivity index (χ1) is 8.16. The number of nitrogens with one attached hydrogen (secondary N) is 3. The summed E-state index contributed by atoms with van der Waals surface area (Å²) in [6.07, 6.45) is 0. The number of halogens is 3. The molecule has 1 saturated heterocycles. The summed E-state index contributed by atoms with van der Waals surface area (Å²) in [5, 5.41) is 4.26. The monoisotopic (exact) mass is 353 g/mol. The first-order valence-electron chi connectivity index (χ1n) is 5.80. The zero-order valence-corrected chi connectivity index (χ0v) is 13.3. The minimum atomic E-state index is 0. The van der Waals surface area contributed by atoms with Crippen molar-refractivity contribution in [1.82, 2.24) is 16.2 Å². The first kappa shape index (κ1) is 16.2. The predicted molar refractivity (Wildman–Crippen MR) is 82.2 cm³/mol. The van der Waals surface area contributed by atoms with E-state index >= 15 is 0 Å². The zero-order valence-electron chi connectivity index (χ0n) is 10.2. The second kappa shape index (κ2) is 7.68. The van der Waals surface area contributed by atoms with Gasteiger partial charge in [0.25, 0.3) is 0 Å². The maximum atomic E-state index is 6.16. The molecule has 0 bridgehead atoms. The van der Waals surface area contributed by atoms with Crippen LogP contribution in [-0.2, 0) is 6.54 Å². The number of benzene rings is 1. The third-order valence-corrected chi connectivity index (χ3v) is 3.98. The van der Waals surface area contributed by atoms with Gasteiger partial charge in [-0.2, -0.15) is 0 Å². The van der Waals surface area contributed by atoms with Crippen LogP contribution in [0.5, 0.6) is 0 Å². The van der Waals surface area contributed by atoms with Crippen molar-refractivity contribution in [3.63, 3.8) is 0 Å². The highest BCUT2D eigenvalue weighted by atomic mass is 79.9. The first-order valence-corrected chi connectivity index (χ1v) is 6.97. The highest BCUT2D eigenvalue weighted by Gasteiger charge is 2.21. The molecule has 1 heterocycles. The smallest absolute Gasteiger partial charge is 0.0462 e. The zero-order chi connectivity index (χ0) is 12.3. The highest BCUT2D eigenvalue weighted by Crippen LogP contribution is 2.21. The fourth-order valence-corrected chi connectivity index (χ4v) is 2.69. The van der Waals surface area contributed by atoms with E-state index in [0.717, 1.165) is 34.7 Å². The van der Waals surface area contributed by atoms with Crippen LogP contribution in [0, 0.1) is 5.92 Å². The van der Waals surface area contributed by atoms with Crippen LogP contribution in [0.4, 0.5) is 0 Å². The molecule has 1 aromatic rings. The van der Waals surface area contributed by atoms with Gasteiger partial charge in [-0.25, -0.2) is 0 Å². The van der Waals surface area contributed by atoms with Crippen molar-refractivity contribution in [2.24, 2.45) is 5.92 Å². The van der Waals surface area contributed by atoms with Gasteiger partial charge in [0.15, 0.2) is 0 Å². The molecule has 0 aromatic heterocycles. The molecule has 1 fully saturated rings. The van der Waals surface area contributed by atoms with E-state index in [1.165, 1.54) is 0 Å². The normalized spacial score (nSPS) is 22.8. The largest absolute Gasteiger partial charge is 0.312 e. The Labute approximate surface area is 128 Å². The van der Waals surface area contributed by atoms with Crippen molar-refractivity contribution in [1.29, 1.82) is 0 Å². The van der Waals surface area contributed by atoms with E-state index in [2.05, 4.69) is 39.0 Å². The van der Waals surface area contributed by atoms with Crippen LogP contribution in [0.15, 0.2) is 22.7 Å². The molecule has 18 heavy (non-hydrogen) atoms. The van der Waals surface area contributed by atoms with Crippen LogP contribution in [0.2, 0.25) is 5.02 Å². The highest BCUT2D eigenvalue weighted by molar-refractivity contribution is 9.10. The molecule has 0 spiro atoms. The second-order valence-corrected chi connectivity index (χ2v) is 5.76. The van der Waals surface area contributed by atoms with Crippen molar-refractivity contribution < 1.29 is 0 Å². The molecule has 2 rings (SSSR count). The SMILES string of the molecule is CC1NNCC1CNCc1ccc(Br)cc1Cl.Cl. The Kier molecular flexibility index (Phi) is 6.92. The van der Waals surface area contributed by atoms with Crippen molar-refractivity contribution >= 4 is 39.9 Å². The van der Waals surface area contributed by atoms with Crippen LogP contribution in [0.3, 0.4) is 0 Å². The van der Waals surface area contributed by atoms with Gasteiger partial charge in [0, 0.05) is 41.1 Å². The lowest BCUT2D eigenvalue weighted by atomic mass is 10.0. The molecule has 2 unspecified atom stereocenters. The average molecular weight is 355 g/mol. The van der Waals surface area contributed by atoms with Gasteiger partial charge in [-0.1, -0.05) is 33.6 Å². The van der Waals surface area contributed by atoms with Crippen molar-refractivity contribution in [2.45, 2.75) is 19.5 Å². The van der Waals surface area contributed by atoms with Crippen molar-refractivity contribution in [3.05, 3.63) is 33.3 Å². The average Bonchev–Trinajstić information content (AvgIpc) is 2.68. The van der Waals surface area contributed by atoms with Gasteiger partial charge in [0.2, 0.25) is 0 Å². The van der Waals surface area contributed by atoms with E-state index in [0.29, 0.717) is 12.0 Å². The van der Waals surface area contributed by atoms with E-state index in [1.54, 1.807) is 0 Å². The van der Waals surface area contributed by atoms with Crippen LogP contribution < -0.4 is 16.2 Å². The fraction of sp³-hybridized carbons (Fsp3) is 0.500. The van der Waals surface area contributed by atoms with Gasteiger partial charge in [0.05, 0.1) is 0 Å². The van der Waals surface area contributed by atoms with Crippen molar-refractivity contribution in [3.8, 4) is 0 Å². The molecule has 0 aliphatic carbocycles. The van der Waals surface area contributed by atoms with Crippen molar-refractivity contribution in [2.75, 3.05) is 13.1 Å². The molecule has 102 valence electrons. The Balaban J connectivity index is 0.00000162. The van der Waals surface area contributed by atoms with Gasteiger partial charge >= 0.3 is 0 Å². The lowest BCUT2D eigenvalue weighted by molar-refractivity contribution is 0.454. The second-order valence-electron chi connectivity index (χ2n) is 4.44. The van der Waals surface area contributed by atoms with Crippen LogP contribution in [0.25, 0.3) is 0 Å². The van der Waals surface area contributed by atoms with Crippen LogP contribution in [0.1, 0.15) is 12.5 Å². The van der Waals surface area contributed by atoms with Gasteiger partial charge in [-0.05, 0) is 24.6 Å². The van der Waals surface area contributed by atoms with E-state index in [1.807, 2.05) is 18.2 Å². The van der Waals surface area contributed by atoms with Gasteiger partial charge < -0.3 is 5.32 Å². The number of hydrazine groups is 1. The minimum Gasteiger partial charge on any atom is -0.312 e. The molecule has 1 aromatic carbocycles. The number of hydrogen-bond acceptors (Lipinski definition) is 3. The maximum Gasteiger partial charge on any atom is 0.0462 e. The molecule has 3 nitrogen and oxygen atoms in total. The van der Waals surface area contributed by atoms with E-state index < -0.39 is 0 Å². The maximum absolute atomic E-state index is 6.16. The third-order valence-electron chi connectivity index (χ3n) is 3.14. The summed E-state index contributed by atoms with van der Waals surface area (Å²) in [5.74, 6) is 0.629. The summed E-state index contributed by atoms with van der Waals surface area (Å²) >= 11 is 9.56. The summed E-state index contributed by atoms with van der Waals surface area (Å²) in [7, 11) is 0. The van der Waals surface area contributed by atoms with E-state index in [4.69, 9.17) is 11.6 Å². The van der Waals surface area contributed by atoms with Gasteiger partial charge in [0.1, 0.15) is 0 Å². The summed E-state index contributed by atoms with van der Waals surface area (Å²) in [4.78, 5) is 0. The van der Waals surface area contributed by atoms with Gasteiger partial charge in [-0.3, -0.25) is 10.9 Å². The summed E-state index contributed by atoms with van der Waals surface area (Å²) in [6.45, 7) is 5.02. The molecule has 0 saturated carbocycles. The summed E-state index contributed by atoms with van der Waals surface area (Å²) < 4.78 is 1.02. The molecule has 3 N–H and O–H groups in total. The Bertz CT molecular complexity index is 390. The summed E-state index contributed by atoms with van der Waals surface area (Å²) in [5.41, 5.74) is 7.52. The Morgan fingerprint density at radius 3 is 2.89 bits per heavy atom. The Morgan fingerprint density at radius 1 is 1.50 bits per heavy atom. The quantitative estimate of drug-likeness (QED) is 0.778. The Morgan fingerprint density at radius 2 is 2.28 bits per heavy atom. The number of rotatable bonds is 4. The lowest BCUT2D eigenvalue weighted by Crippen LogP contribution is -2.32. The fourth-order valence-electron chi connectivity index (χ4n) is 1.95. The predicted octanol–water partition coefficient (Wildman–Crippen LogP) is 2.73. The molecule has 0 amide bonds. The topological polar surface area (TPSA) is 36.1 Å². The molecule has 1 aliphatic heterocycles. The summed E-state index contributed by atoms with van der Waals surface area (Å²) in [6, 6.07) is 6.51. The lowest BCUT2D eigenvalue weighted by Gasteiger charge is -2.14. The van der Waals surface area contributed by atoms with E-state index in [-0.39, 0.29) is 12.4 Å². The molecule has 2 atom stereocenters. The Hall–Kier alpha value is 0.160. The number of hydrogen-bond donors (Lipinski definition) is 3. The molecule has 6 heteroatoms. The van der Waals surface area contributed by atoms with Crippen LogP contribution >= 0.6 is 39.9 Å². The minimum absolute atomic E-state index is 0. The molecule has 0 radical (unpaired) electrons. The van der Waals surface area contributed by atoms with Crippen LogP contribution in [-0.4, -0.2) is 19.1 Å². The van der Waals surface area contributed by atoms with E-state index in [9.17, 15) is 0 Å². The standard InChI is InChI=1S/C12H17BrClN3.ClH/c1-8-10(7-16-17-8)6-15-5-9-2-3-11(13)4-12(9)14;/h2-4,8,10,15-17H,5-7H2,1H3;1H. The molecular weight excluding hydrogens is 337 g/mol. The molecule has 1 aliphatic rings.